The molecule has 1 aromatic heterocycles. The summed E-state index contributed by atoms with van der Waals surface area (Å²) in [6, 6.07) is 7.52. The first kappa shape index (κ1) is 28.1. The molecule has 0 atom stereocenters. The smallest absolute Gasteiger partial charge is 0.227 e. The average molecular weight is 460 g/mol. The third-order valence-corrected chi connectivity index (χ3v) is 4.96. The molecular formula is C26H38FN3O3. The first-order valence-electron chi connectivity index (χ1n) is 11.6. The minimum atomic E-state index is -0.481. The van der Waals surface area contributed by atoms with Gasteiger partial charge in [-0.25, -0.2) is 0 Å². The second-order valence-corrected chi connectivity index (χ2v) is 7.40. The van der Waals surface area contributed by atoms with Gasteiger partial charge in [-0.15, -0.1) is 26.3 Å². The molecule has 0 N–H and O–H groups in total. The maximum absolute atomic E-state index is 12.6. The van der Waals surface area contributed by atoms with Gasteiger partial charge in [-0.2, -0.15) is 4.98 Å². The van der Waals surface area contributed by atoms with Gasteiger partial charge in [0.15, 0.2) is 5.82 Å². The van der Waals surface area contributed by atoms with Gasteiger partial charge in [0, 0.05) is 37.1 Å². The SMILES string of the molecule is C=C.C=C.CCOc1cccc(N(CCCCCc2nc(C3CC3)no2)C(=O)CCCF)c1. The molecule has 0 aliphatic heterocycles. The first-order valence-corrected chi connectivity index (χ1v) is 11.6. The standard InChI is InChI=1S/C22H30FN3O3.2C2H4/c1-2-28-19-9-6-8-18(16-19)26(21(27)11-7-14-23)15-5-3-4-10-20-24-22(25-29-20)17-12-13-17;2*1-2/h6,8-9,16-17H,2-5,7,10-15H2,1H3;2*1-2H2. The second-order valence-electron chi connectivity index (χ2n) is 7.40. The minimum absolute atomic E-state index is 0.0534. The van der Waals surface area contributed by atoms with Crippen molar-refractivity contribution in [2.75, 3.05) is 24.7 Å². The Kier molecular flexibility index (Phi) is 14.2. The van der Waals surface area contributed by atoms with E-state index in [2.05, 4.69) is 36.5 Å². The maximum atomic E-state index is 12.6. The van der Waals surface area contributed by atoms with Gasteiger partial charge < -0.3 is 14.2 Å². The number of aryl methyl sites for hydroxylation is 1. The van der Waals surface area contributed by atoms with Crippen LogP contribution in [0.15, 0.2) is 55.1 Å². The number of carbonyl (C=O) groups is 1. The van der Waals surface area contributed by atoms with Crippen molar-refractivity contribution in [3.05, 3.63) is 62.3 Å². The number of anilines is 1. The molecule has 0 unspecified atom stereocenters. The molecule has 0 bridgehead atoms. The second kappa shape index (κ2) is 16.6. The summed E-state index contributed by atoms with van der Waals surface area (Å²) in [7, 11) is 0. The topological polar surface area (TPSA) is 68.5 Å². The van der Waals surface area contributed by atoms with Crippen LogP contribution < -0.4 is 9.64 Å². The van der Waals surface area contributed by atoms with Crippen LogP contribution in [0.1, 0.15) is 69.5 Å². The number of hydrogen-bond donors (Lipinski definition) is 0. The van der Waals surface area contributed by atoms with E-state index < -0.39 is 6.67 Å². The normalized spacial score (nSPS) is 12.1. The lowest BCUT2D eigenvalue weighted by Crippen LogP contribution is -2.31. The fraction of sp³-hybridized carbons (Fsp3) is 0.500. The van der Waals surface area contributed by atoms with E-state index in [0.717, 1.165) is 55.8 Å². The number of benzene rings is 1. The first-order chi connectivity index (χ1) is 16.2. The van der Waals surface area contributed by atoms with E-state index in [0.29, 0.717) is 25.0 Å². The Balaban J connectivity index is 0.00000129. The monoisotopic (exact) mass is 459 g/mol. The van der Waals surface area contributed by atoms with Crippen LogP contribution in [0.3, 0.4) is 0 Å². The lowest BCUT2D eigenvalue weighted by molar-refractivity contribution is -0.118. The van der Waals surface area contributed by atoms with Crippen LogP contribution in [-0.2, 0) is 11.2 Å². The van der Waals surface area contributed by atoms with Gasteiger partial charge in [0.1, 0.15) is 5.75 Å². The van der Waals surface area contributed by atoms with E-state index >= 15 is 0 Å². The molecule has 0 radical (unpaired) electrons. The lowest BCUT2D eigenvalue weighted by Gasteiger charge is -2.23. The Morgan fingerprint density at radius 3 is 2.61 bits per heavy atom. The zero-order chi connectivity index (χ0) is 24.5. The average Bonchev–Trinajstić information content (AvgIpc) is 3.61. The third kappa shape index (κ3) is 10.0. The van der Waals surface area contributed by atoms with Crippen molar-refractivity contribution in [2.45, 2.75) is 64.2 Å². The predicted molar refractivity (Wildman–Crippen MR) is 132 cm³/mol. The van der Waals surface area contributed by atoms with Gasteiger partial charge in [-0.05, 0) is 51.2 Å². The molecule has 3 rings (SSSR count). The Hall–Kier alpha value is -2.96. The van der Waals surface area contributed by atoms with E-state index in [1.807, 2.05) is 31.2 Å². The molecule has 7 heteroatoms. The Bertz CT molecular complexity index is 806. The Morgan fingerprint density at radius 2 is 1.94 bits per heavy atom. The highest BCUT2D eigenvalue weighted by Crippen LogP contribution is 2.38. The van der Waals surface area contributed by atoms with Crippen LogP contribution >= 0.6 is 0 Å². The fourth-order valence-corrected chi connectivity index (χ4v) is 3.26. The number of hydrogen-bond acceptors (Lipinski definition) is 5. The summed E-state index contributed by atoms with van der Waals surface area (Å²) in [5, 5.41) is 4.04. The largest absolute Gasteiger partial charge is 0.494 e. The molecule has 1 fully saturated rings. The van der Waals surface area contributed by atoms with Crippen molar-refractivity contribution in [3.8, 4) is 5.75 Å². The number of rotatable bonds is 13. The third-order valence-electron chi connectivity index (χ3n) is 4.96. The molecule has 0 saturated heterocycles. The molecule has 182 valence electrons. The van der Waals surface area contributed by atoms with Crippen LogP contribution in [0.5, 0.6) is 5.75 Å². The van der Waals surface area contributed by atoms with Gasteiger partial charge in [0.2, 0.25) is 11.8 Å². The van der Waals surface area contributed by atoms with Crippen molar-refractivity contribution >= 4 is 11.6 Å². The van der Waals surface area contributed by atoms with E-state index in [1.165, 1.54) is 0 Å². The van der Waals surface area contributed by atoms with Gasteiger partial charge in [0.25, 0.3) is 0 Å². The maximum Gasteiger partial charge on any atom is 0.227 e. The summed E-state index contributed by atoms with van der Waals surface area (Å²) in [4.78, 5) is 18.8. The van der Waals surface area contributed by atoms with Crippen LogP contribution in [0.4, 0.5) is 10.1 Å². The number of nitrogens with zero attached hydrogens (tertiary/aromatic N) is 3. The van der Waals surface area contributed by atoms with Crippen molar-refractivity contribution in [2.24, 2.45) is 0 Å². The zero-order valence-electron chi connectivity index (χ0n) is 19.9. The summed E-state index contributed by atoms with van der Waals surface area (Å²) in [6.45, 7) is 14.6. The summed E-state index contributed by atoms with van der Waals surface area (Å²) < 4.78 is 23.4. The van der Waals surface area contributed by atoms with Gasteiger partial charge in [0.05, 0.1) is 13.3 Å². The Morgan fingerprint density at radius 1 is 1.18 bits per heavy atom. The molecule has 1 aromatic carbocycles. The number of halogens is 1. The van der Waals surface area contributed by atoms with Crippen LogP contribution in [0, 0.1) is 0 Å². The zero-order valence-corrected chi connectivity index (χ0v) is 19.9. The molecule has 1 amide bonds. The number of ether oxygens (including phenoxy) is 1. The molecule has 1 aliphatic carbocycles. The van der Waals surface area contributed by atoms with Crippen molar-refractivity contribution in [1.29, 1.82) is 0 Å². The van der Waals surface area contributed by atoms with Crippen molar-refractivity contribution in [1.82, 2.24) is 10.1 Å². The van der Waals surface area contributed by atoms with E-state index in [4.69, 9.17) is 9.26 Å². The highest BCUT2D eigenvalue weighted by Gasteiger charge is 2.28. The van der Waals surface area contributed by atoms with Gasteiger partial charge in [-0.3, -0.25) is 9.18 Å². The molecule has 33 heavy (non-hydrogen) atoms. The van der Waals surface area contributed by atoms with Crippen molar-refractivity contribution < 1.29 is 18.4 Å². The highest BCUT2D eigenvalue weighted by atomic mass is 19.1. The Labute approximate surface area is 197 Å². The van der Waals surface area contributed by atoms with E-state index in [-0.39, 0.29) is 18.7 Å². The van der Waals surface area contributed by atoms with E-state index in [1.54, 1.807) is 4.90 Å². The van der Waals surface area contributed by atoms with E-state index in [9.17, 15) is 9.18 Å². The fourth-order valence-electron chi connectivity index (χ4n) is 3.26. The minimum Gasteiger partial charge on any atom is -0.494 e. The van der Waals surface area contributed by atoms with Gasteiger partial charge >= 0.3 is 0 Å². The van der Waals surface area contributed by atoms with Crippen LogP contribution in [0.2, 0.25) is 0 Å². The van der Waals surface area contributed by atoms with Crippen molar-refractivity contribution in [3.63, 3.8) is 0 Å². The molecule has 2 aromatic rings. The van der Waals surface area contributed by atoms with Gasteiger partial charge in [-0.1, -0.05) is 17.6 Å². The summed E-state index contributed by atoms with van der Waals surface area (Å²) in [5.41, 5.74) is 0.797. The summed E-state index contributed by atoms with van der Waals surface area (Å²) in [6.07, 6.45) is 6.27. The molecule has 1 saturated carbocycles. The van der Waals surface area contributed by atoms with Crippen LogP contribution in [0.25, 0.3) is 0 Å². The number of unbranched alkanes of at least 4 members (excludes halogenated alkanes) is 2. The summed E-state index contributed by atoms with van der Waals surface area (Å²) >= 11 is 0. The molecule has 1 heterocycles. The summed E-state index contributed by atoms with van der Waals surface area (Å²) in [5.74, 6) is 2.73. The quantitative estimate of drug-likeness (QED) is 0.254. The van der Waals surface area contributed by atoms with Crippen LogP contribution in [-0.4, -0.2) is 35.9 Å². The molecule has 0 spiro atoms. The highest BCUT2D eigenvalue weighted by molar-refractivity contribution is 5.93. The molecule has 6 nitrogen and oxygen atoms in total. The number of alkyl halides is 1. The number of aromatic nitrogens is 2. The predicted octanol–water partition coefficient (Wildman–Crippen LogP) is 6.45. The lowest BCUT2D eigenvalue weighted by atomic mass is 10.1. The molecule has 1 aliphatic rings. The number of amides is 1. The number of carbonyl (C=O) groups excluding carboxylic acids is 1. The molecular weight excluding hydrogens is 421 g/mol.